The van der Waals surface area contributed by atoms with Crippen molar-refractivity contribution in [3.63, 3.8) is 0 Å². The molecule has 4 atom stereocenters. The quantitative estimate of drug-likeness (QED) is 0.268. The van der Waals surface area contributed by atoms with Gasteiger partial charge < -0.3 is 35.1 Å². The van der Waals surface area contributed by atoms with E-state index >= 15 is 0 Å². The second kappa shape index (κ2) is 15.7. The average molecular weight is 531 g/mol. The molecule has 0 aromatic heterocycles. The molecular formula is C30H46N2O6. The highest BCUT2D eigenvalue weighted by Gasteiger charge is 2.35. The third-order valence-corrected chi connectivity index (χ3v) is 7.13. The van der Waals surface area contributed by atoms with Gasteiger partial charge in [0, 0.05) is 39.8 Å². The van der Waals surface area contributed by atoms with Crippen molar-refractivity contribution < 1.29 is 28.8 Å². The summed E-state index contributed by atoms with van der Waals surface area (Å²) in [6, 6.07) is 14.7. The van der Waals surface area contributed by atoms with Crippen LogP contribution in [0.3, 0.4) is 0 Å². The van der Waals surface area contributed by atoms with Crippen LogP contribution in [0.25, 0.3) is 0 Å². The zero-order valence-electron chi connectivity index (χ0n) is 23.7. The number of ether oxygens (including phenoxy) is 4. The summed E-state index contributed by atoms with van der Waals surface area (Å²) in [6.07, 6.45) is 1.27. The van der Waals surface area contributed by atoms with Gasteiger partial charge in [0.25, 0.3) is 5.91 Å². The molecule has 0 bridgehead atoms. The van der Waals surface area contributed by atoms with Gasteiger partial charge in [-0.3, -0.25) is 4.79 Å². The van der Waals surface area contributed by atoms with Gasteiger partial charge in [-0.05, 0) is 54.9 Å². The maximum absolute atomic E-state index is 13.0. The largest absolute Gasteiger partial charge is 0.493 e. The van der Waals surface area contributed by atoms with Crippen molar-refractivity contribution in [2.24, 2.45) is 17.6 Å². The molecule has 2 aromatic carbocycles. The Morgan fingerprint density at radius 3 is 2.37 bits per heavy atom. The standard InChI is InChI=1S/C30H46N2O6/c1-21(2)23(17-22-13-14-27(36-5)28(18-22)38-16-10-15-35-4)19-25(31)26(33)20-32-29(34)30(3,37-6)24-11-8-7-9-12-24/h7-9,11-14,18,21,23,25-26,33H,10,15-17,19-20,31H2,1-6H3,(H,32,34). The third kappa shape index (κ3) is 8.98. The van der Waals surface area contributed by atoms with Crippen LogP contribution in [0.5, 0.6) is 11.5 Å². The summed E-state index contributed by atoms with van der Waals surface area (Å²) in [6.45, 7) is 7.23. The molecule has 8 heteroatoms. The smallest absolute Gasteiger partial charge is 0.256 e. The molecular weight excluding hydrogens is 484 g/mol. The summed E-state index contributed by atoms with van der Waals surface area (Å²) < 4.78 is 22.0. The first-order valence-corrected chi connectivity index (χ1v) is 13.3. The van der Waals surface area contributed by atoms with E-state index in [0.29, 0.717) is 37.1 Å². The van der Waals surface area contributed by atoms with Crippen LogP contribution in [0.15, 0.2) is 48.5 Å². The molecule has 8 nitrogen and oxygen atoms in total. The van der Waals surface area contributed by atoms with E-state index in [1.165, 1.54) is 7.11 Å². The van der Waals surface area contributed by atoms with E-state index in [1.54, 1.807) is 21.1 Å². The van der Waals surface area contributed by atoms with Crippen molar-refractivity contribution in [3.05, 3.63) is 59.7 Å². The van der Waals surface area contributed by atoms with Gasteiger partial charge in [0.2, 0.25) is 0 Å². The van der Waals surface area contributed by atoms with Gasteiger partial charge in [-0.25, -0.2) is 0 Å². The Balaban J connectivity index is 1.99. The minimum atomic E-state index is -1.16. The van der Waals surface area contributed by atoms with Crippen LogP contribution in [-0.4, -0.2) is 64.2 Å². The Hall–Kier alpha value is -2.65. The zero-order chi connectivity index (χ0) is 28.1. The van der Waals surface area contributed by atoms with Gasteiger partial charge in [0.1, 0.15) is 0 Å². The van der Waals surface area contributed by atoms with Crippen LogP contribution in [0.4, 0.5) is 0 Å². The normalized spacial score (nSPS) is 15.4. The summed E-state index contributed by atoms with van der Waals surface area (Å²) in [5, 5.41) is 13.6. The summed E-state index contributed by atoms with van der Waals surface area (Å²) in [5.74, 6) is 1.63. The number of carbonyl (C=O) groups excluding carboxylic acids is 1. The number of nitrogens with two attached hydrogens (primary N) is 1. The summed E-state index contributed by atoms with van der Waals surface area (Å²) >= 11 is 0. The molecule has 38 heavy (non-hydrogen) atoms. The first kappa shape index (κ1) is 31.6. The Bertz CT molecular complexity index is 970. The van der Waals surface area contributed by atoms with Crippen molar-refractivity contribution in [1.82, 2.24) is 5.32 Å². The van der Waals surface area contributed by atoms with Crippen molar-refractivity contribution in [3.8, 4) is 11.5 Å². The number of aliphatic hydroxyl groups excluding tert-OH is 1. The fraction of sp³-hybridized carbons (Fsp3) is 0.567. The number of nitrogens with one attached hydrogen (secondary N) is 1. The van der Waals surface area contributed by atoms with E-state index in [9.17, 15) is 9.90 Å². The Labute approximate surface area is 227 Å². The van der Waals surface area contributed by atoms with Crippen LogP contribution in [0, 0.1) is 11.8 Å². The van der Waals surface area contributed by atoms with Gasteiger partial charge in [-0.2, -0.15) is 0 Å². The lowest BCUT2D eigenvalue weighted by Gasteiger charge is -2.30. The lowest BCUT2D eigenvalue weighted by Crippen LogP contribution is -2.50. The van der Waals surface area contributed by atoms with Gasteiger partial charge >= 0.3 is 0 Å². The number of rotatable bonds is 17. The number of aliphatic hydroxyl groups is 1. The van der Waals surface area contributed by atoms with Crippen LogP contribution < -0.4 is 20.5 Å². The van der Waals surface area contributed by atoms with Crippen LogP contribution in [0.1, 0.15) is 44.7 Å². The minimum Gasteiger partial charge on any atom is -0.493 e. The number of amides is 1. The zero-order valence-corrected chi connectivity index (χ0v) is 23.7. The molecule has 0 spiro atoms. The van der Waals surface area contributed by atoms with Crippen LogP contribution >= 0.6 is 0 Å². The van der Waals surface area contributed by atoms with Gasteiger partial charge in [0.05, 0.1) is 19.8 Å². The molecule has 0 aliphatic rings. The highest BCUT2D eigenvalue weighted by atomic mass is 16.5. The SMILES string of the molecule is COCCCOc1cc(CC(CC(N)C(O)CNC(=O)C(C)(OC)c2ccccc2)C(C)C)ccc1OC. The Kier molecular flexibility index (Phi) is 13.0. The topological polar surface area (TPSA) is 112 Å². The predicted molar refractivity (Wildman–Crippen MR) is 149 cm³/mol. The van der Waals surface area contributed by atoms with E-state index < -0.39 is 17.7 Å². The van der Waals surface area contributed by atoms with Gasteiger partial charge in [0.15, 0.2) is 17.1 Å². The Morgan fingerprint density at radius 2 is 1.76 bits per heavy atom. The molecule has 0 aliphatic carbocycles. The highest BCUT2D eigenvalue weighted by molar-refractivity contribution is 5.86. The molecule has 0 saturated heterocycles. The molecule has 212 valence electrons. The lowest BCUT2D eigenvalue weighted by atomic mass is 9.83. The van der Waals surface area contributed by atoms with Crippen LogP contribution in [0.2, 0.25) is 0 Å². The van der Waals surface area contributed by atoms with Gasteiger partial charge in [-0.1, -0.05) is 50.2 Å². The monoisotopic (exact) mass is 530 g/mol. The Morgan fingerprint density at radius 1 is 1.05 bits per heavy atom. The average Bonchev–Trinajstić information content (AvgIpc) is 2.93. The summed E-state index contributed by atoms with van der Waals surface area (Å²) in [4.78, 5) is 13.0. The maximum Gasteiger partial charge on any atom is 0.256 e. The second-order valence-electron chi connectivity index (χ2n) is 10.2. The highest BCUT2D eigenvalue weighted by Crippen LogP contribution is 2.31. The van der Waals surface area contributed by atoms with E-state index in [2.05, 4.69) is 19.2 Å². The van der Waals surface area contributed by atoms with E-state index in [4.69, 9.17) is 24.7 Å². The molecule has 4 unspecified atom stereocenters. The molecule has 2 aromatic rings. The van der Waals surface area contributed by atoms with Crippen molar-refractivity contribution >= 4 is 5.91 Å². The molecule has 0 radical (unpaired) electrons. The lowest BCUT2D eigenvalue weighted by molar-refractivity contribution is -0.143. The number of hydrogen-bond donors (Lipinski definition) is 3. The number of hydrogen-bond acceptors (Lipinski definition) is 7. The predicted octanol–water partition coefficient (Wildman–Crippen LogP) is 3.68. The third-order valence-electron chi connectivity index (χ3n) is 7.13. The van der Waals surface area contributed by atoms with E-state index in [-0.39, 0.29) is 18.4 Å². The first-order chi connectivity index (χ1) is 18.2. The fourth-order valence-corrected chi connectivity index (χ4v) is 4.36. The fourth-order valence-electron chi connectivity index (χ4n) is 4.36. The van der Waals surface area contributed by atoms with Crippen molar-refractivity contribution in [2.75, 3.05) is 41.1 Å². The minimum absolute atomic E-state index is 0.0403. The first-order valence-electron chi connectivity index (χ1n) is 13.3. The van der Waals surface area contributed by atoms with E-state index in [1.807, 2.05) is 48.5 Å². The van der Waals surface area contributed by atoms with Crippen molar-refractivity contribution in [2.45, 2.75) is 57.8 Å². The molecule has 0 saturated carbocycles. The number of methoxy groups -OCH3 is 3. The molecule has 1 amide bonds. The summed E-state index contributed by atoms with van der Waals surface area (Å²) in [5.41, 5.74) is 7.11. The van der Waals surface area contributed by atoms with Crippen molar-refractivity contribution in [1.29, 1.82) is 0 Å². The molecule has 0 heterocycles. The maximum atomic E-state index is 13.0. The van der Waals surface area contributed by atoms with E-state index in [0.717, 1.165) is 24.0 Å². The molecule has 4 N–H and O–H groups in total. The number of benzene rings is 2. The summed E-state index contributed by atoms with van der Waals surface area (Å²) in [7, 11) is 4.80. The molecule has 0 fully saturated rings. The molecule has 2 rings (SSSR count). The second-order valence-corrected chi connectivity index (χ2v) is 10.2. The van der Waals surface area contributed by atoms with Gasteiger partial charge in [-0.15, -0.1) is 0 Å². The number of carbonyl (C=O) groups is 1. The van der Waals surface area contributed by atoms with Crippen LogP contribution in [-0.2, 0) is 26.3 Å². The molecule has 0 aliphatic heterocycles.